The van der Waals surface area contributed by atoms with Crippen LogP contribution in [0.3, 0.4) is 0 Å². The Morgan fingerprint density at radius 1 is 0.962 bits per heavy atom. The Morgan fingerprint density at radius 3 is 2.12 bits per heavy atom. The maximum atomic E-state index is 10.9. The molecule has 0 amide bonds. The average molecular weight is 352 g/mol. The number of aldehydes is 1. The minimum atomic E-state index is -1.32. The predicted octanol–water partition coefficient (Wildman–Crippen LogP) is 2.03. The van der Waals surface area contributed by atoms with Crippen LogP contribution in [0.1, 0.15) is 34.2 Å². The molecule has 0 radical (unpaired) electrons. The van der Waals surface area contributed by atoms with E-state index in [4.69, 9.17) is 4.74 Å². The van der Waals surface area contributed by atoms with E-state index in [2.05, 4.69) is 19.9 Å². The van der Waals surface area contributed by atoms with Crippen molar-refractivity contribution in [2.45, 2.75) is 12.2 Å². The van der Waals surface area contributed by atoms with Gasteiger partial charge in [0.2, 0.25) is 0 Å². The van der Waals surface area contributed by atoms with E-state index < -0.39 is 12.2 Å². The second-order valence-electron chi connectivity index (χ2n) is 5.91. The summed E-state index contributed by atoms with van der Waals surface area (Å²) < 4.78 is 5.16. The van der Waals surface area contributed by atoms with Crippen LogP contribution in [0, 0.1) is 0 Å². The maximum Gasteiger partial charge on any atom is 0.150 e. The largest absolute Gasteiger partial charge is 0.497 e. The van der Waals surface area contributed by atoms with Crippen LogP contribution < -0.4 is 4.74 Å². The Balaban J connectivity index is 1.66. The van der Waals surface area contributed by atoms with Gasteiger partial charge < -0.3 is 24.9 Å². The number of aromatic nitrogens is 4. The van der Waals surface area contributed by atoms with Crippen LogP contribution in [0.2, 0.25) is 0 Å². The highest BCUT2D eigenvalue weighted by molar-refractivity contribution is 5.84. The summed E-state index contributed by atoms with van der Waals surface area (Å²) in [4.78, 5) is 25.4. The lowest BCUT2D eigenvalue weighted by Crippen LogP contribution is -2.13. The third kappa shape index (κ3) is 2.71. The molecule has 2 aromatic carbocycles. The number of aromatic amines is 2. The average Bonchev–Trinajstić information content (AvgIpc) is 3.29. The highest BCUT2D eigenvalue weighted by atomic mass is 16.5. The van der Waals surface area contributed by atoms with Crippen LogP contribution in [0.5, 0.6) is 5.75 Å². The number of H-pyrrole nitrogens is 2. The zero-order valence-corrected chi connectivity index (χ0v) is 13.8. The summed E-state index contributed by atoms with van der Waals surface area (Å²) in [7, 11) is 1.56. The number of methoxy groups -OCH3 is 1. The molecule has 2 aromatic heterocycles. The number of nitrogens with zero attached hydrogens (tertiary/aromatic N) is 2. The Hall–Kier alpha value is -3.23. The molecule has 0 saturated carbocycles. The fourth-order valence-electron chi connectivity index (χ4n) is 2.83. The number of rotatable bonds is 5. The summed E-state index contributed by atoms with van der Waals surface area (Å²) in [6, 6.07) is 10.2. The molecule has 0 fully saturated rings. The van der Waals surface area contributed by atoms with Gasteiger partial charge in [0.15, 0.2) is 0 Å². The van der Waals surface area contributed by atoms with Gasteiger partial charge in [-0.05, 0) is 30.3 Å². The first-order valence-electron chi connectivity index (χ1n) is 7.93. The number of nitrogens with one attached hydrogen (secondary N) is 2. The summed E-state index contributed by atoms with van der Waals surface area (Å²) in [5, 5.41) is 21.0. The lowest BCUT2D eigenvalue weighted by Gasteiger charge is -2.13. The zero-order valence-electron chi connectivity index (χ0n) is 13.8. The van der Waals surface area contributed by atoms with Gasteiger partial charge in [0.1, 0.15) is 35.9 Å². The minimum Gasteiger partial charge on any atom is -0.497 e. The number of carbonyl (C=O) groups is 1. The van der Waals surface area contributed by atoms with E-state index in [-0.39, 0.29) is 11.6 Å². The molecule has 0 aliphatic rings. The topological polar surface area (TPSA) is 124 Å². The number of ether oxygens (including phenoxy) is 1. The van der Waals surface area contributed by atoms with Crippen molar-refractivity contribution in [1.82, 2.24) is 19.9 Å². The molecular weight excluding hydrogens is 336 g/mol. The SMILES string of the molecule is COc1ccc2nc(C(O)C(O)c3nc4ccc(C=O)cc4[nH]3)[nH]c2c1. The normalized spacial score (nSPS) is 13.8. The number of aliphatic hydroxyl groups is 2. The molecule has 2 unspecified atom stereocenters. The van der Waals surface area contributed by atoms with E-state index in [1.54, 1.807) is 43.5 Å². The third-order valence-electron chi connectivity index (χ3n) is 4.23. The van der Waals surface area contributed by atoms with Crippen LogP contribution in [-0.2, 0) is 0 Å². The predicted molar refractivity (Wildman–Crippen MR) is 94.0 cm³/mol. The Labute approximate surface area is 147 Å². The van der Waals surface area contributed by atoms with E-state index in [1.165, 1.54) is 0 Å². The molecule has 8 heteroatoms. The first-order valence-corrected chi connectivity index (χ1v) is 7.93. The van der Waals surface area contributed by atoms with Crippen molar-refractivity contribution in [3.05, 3.63) is 53.6 Å². The molecule has 132 valence electrons. The van der Waals surface area contributed by atoms with Crippen molar-refractivity contribution in [2.24, 2.45) is 0 Å². The van der Waals surface area contributed by atoms with E-state index >= 15 is 0 Å². The summed E-state index contributed by atoms with van der Waals surface area (Å²) in [6.07, 6.45) is -1.89. The van der Waals surface area contributed by atoms with Gasteiger partial charge in [-0.1, -0.05) is 0 Å². The van der Waals surface area contributed by atoms with Gasteiger partial charge in [-0.3, -0.25) is 4.79 Å². The first-order chi connectivity index (χ1) is 12.6. The fraction of sp³-hybridized carbons (Fsp3) is 0.167. The highest BCUT2D eigenvalue weighted by Gasteiger charge is 2.26. The zero-order chi connectivity index (χ0) is 18.3. The number of benzene rings is 2. The van der Waals surface area contributed by atoms with Crippen LogP contribution in [-0.4, -0.2) is 43.5 Å². The molecule has 4 aromatic rings. The van der Waals surface area contributed by atoms with Crippen LogP contribution >= 0.6 is 0 Å². The quantitative estimate of drug-likeness (QED) is 0.407. The van der Waals surface area contributed by atoms with Crippen molar-refractivity contribution < 1.29 is 19.7 Å². The number of imidazole rings is 2. The number of aliphatic hydroxyl groups excluding tert-OH is 2. The highest BCUT2D eigenvalue weighted by Crippen LogP contribution is 2.29. The van der Waals surface area contributed by atoms with Crippen molar-refractivity contribution in [1.29, 1.82) is 0 Å². The molecule has 4 N–H and O–H groups in total. The van der Waals surface area contributed by atoms with Crippen LogP contribution in [0.25, 0.3) is 22.1 Å². The summed E-state index contributed by atoms with van der Waals surface area (Å²) in [5.41, 5.74) is 3.02. The summed E-state index contributed by atoms with van der Waals surface area (Å²) >= 11 is 0. The second kappa shape index (κ2) is 6.25. The molecule has 0 spiro atoms. The van der Waals surface area contributed by atoms with Crippen molar-refractivity contribution in [3.8, 4) is 5.75 Å². The third-order valence-corrected chi connectivity index (χ3v) is 4.23. The van der Waals surface area contributed by atoms with Crippen molar-refractivity contribution >= 4 is 28.4 Å². The summed E-state index contributed by atoms with van der Waals surface area (Å²) in [6.45, 7) is 0. The van der Waals surface area contributed by atoms with Gasteiger partial charge >= 0.3 is 0 Å². The van der Waals surface area contributed by atoms with E-state index in [0.29, 0.717) is 33.4 Å². The standard InChI is InChI=1S/C18H16N4O4/c1-26-10-3-5-12-14(7-10)22-18(20-12)16(25)15(24)17-19-11-4-2-9(8-23)6-13(11)21-17/h2-8,15-16,24-25H,1H3,(H,19,21)(H,20,22). The molecule has 0 aliphatic carbocycles. The number of hydrogen-bond acceptors (Lipinski definition) is 6. The fourth-order valence-corrected chi connectivity index (χ4v) is 2.83. The van der Waals surface area contributed by atoms with Crippen molar-refractivity contribution in [2.75, 3.05) is 7.11 Å². The molecule has 8 nitrogen and oxygen atoms in total. The number of hydrogen-bond donors (Lipinski definition) is 4. The van der Waals surface area contributed by atoms with Gasteiger partial charge in [-0.25, -0.2) is 9.97 Å². The smallest absolute Gasteiger partial charge is 0.150 e. The Kier molecular flexibility index (Phi) is 3.90. The van der Waals surface area contributed by atoms with Crippen LogP contribution in [0.4, 0.5) is 0 Å². The Bertz CT molecular complexity index is 1100. The summed E-state index contributed by atoms with van der Waals surface area (Å²) in [5.74, 6) is 1.06. The second-order valence-corrected chi connectivity index (χ2v) is 5.91. The van der Waals surface area contributed by atoms with Gasteiger partial charge in [0, 0.05) is 11.6 Å². The Morgan fingerprint density at radius 2 is 1.54 bits per heavy atom. The monoisotopic (exact) mass is 352 g/mol. The van der Waals surface area contributed by atoms with Gasteiger partial charge in [-0.2, -0.15) is 0 Å². The van der Waals surface area contributed by atoms with E-state index in [0.717, 1.165) is 6.29 Å². The van der Waals surface area contributed by atoms with Crippen molar-refractivity contribution in [3.63, 3.8) is 0 Å². The van der Waals surface area contributed by atoms with Gasteiger partial charge in [-0.15, -0.1) is 0 Å². The van der Waals surface area contributed by atoms with E-state index in [1.807, 2.05) is 0 Å². The number of carbonyl (C=O) groups excluding carboxylic acids is 1. The minimum absolute atomic E-state index is 0.189. The van der Waals surface area contributed by atoms with Gasteiger partial charge in [0.25, 0.3) is 0 Å². The molecule has 26 heavy (non-hydrogen) atoms. The van der Waals surface area contributed by atoms with Gasteiger partial charge in [0.05, 0.1) is 29.2 Å². The number of fused-ring (bicyclic) bond motifs is 2. The molecule has 2 heterocycles. The molecule has 0 aliphatic heterocycles. The molecular formula is C18H16N4O4. The molecule has 4 rings (SSSR count). The molecule has 2 atom stereocenters. The molecule has 0 bridgehead atoms. The lowest BCUT2D eigenvalue weighted by atomic mass is 10.2. The maximum absolute atomic E-state index is 10.9. The lowest BCUT2D eigenvalue weighted by molar-refractivity contribution is 0.00780. The molecule has 0 saturated heterocycles. The van der Waals surface area contributed by atoms with Crippen LogP contribution in [0.15, 0.2) is 36.4 Å². The van der Waals surface area contributed by atoms with E-state index in [9.17, 15) is 15.0 Å². The first kappa shape index (κ1) is 16.2.